The summed E-state index contributed by atoms with van der Waals surface area (Å²) in [6.07, 6.45) is 3.65. The summed E-state index contributed by atoms with van der Waals surface area (Å²) >= 11 is 0. The van der Waals surface area contributed by atoms with Crippen LogP contribution in [-0.2, 0) is 6.42 Å². The van der Waals surface area contributed by atoms with Gasteiger partial charge in [-0.15, -0.1) is 0 Å². The van der Waals surface area contributed by atoms with Crippen LogP contribution in [0.1, 0.15) is 27.9 Å². The van der Waals surface area contributed by atoms with Gasteiger partial charge in [0.05, 0.1) is 6.61 Å². The van der Waals surface area contributed by atoms with Gasteiger partial charge >= 0.3 is 0 Å². The molecule has 1 aliphatic carbocycles. The average molecular weight is 321 g/mol. The van der Waals surface area contributed by atoms with Gasteiger partial charge in [0.15, 0.2) is 5.78 Å². The van der Waals surface area contributed by atoms with Gasteiger partial charge in [0.2, 0.25) is 0 Å². The number of carbonyl (C=O) groups excluding carboxylic acids is 1. The Hall–Kier alpha value is -2.39. The maximum absolute atomic E-state index is 12.5. The van der Waals surface area contributed by atoms with Crippen molar-refractivity contribution in [3.63, 3.8) is 0 Å². The molecule has 2 aromatic rings. The zero-order valence-corrected chi connectivity index (χ0v) is 14.3. The summed E-state index contributed by atoms with van der Waals surface area (Å²) in [5, 5.41) is 0. The molecule has 0 unspecified atom stereocenters. The van der Waals surface area contributed by atoms with Gasteiger partial charge in [0.25, 0.3) is 0 Å². The number of Topliss-reactive ketones (excluding diaryl/α,β-unsaturated/α-hetero) is 1. The SMILES string of the molecule is CN(C)CCCOc1ccccc1C=C1Cc2ccccc2C1=O. The van der Waals surface area contributed by atoms with Gasteiger partial charge in [-0.3, -0.25) is 4.79 Å². The van der Waals surface area contributed by atoms with Crippen LogP contribution in [0.15, 0.2) is 54.1 Å². The first-order valence-electron chi connectivity index (χ1n) is 8.35. The third-order valence-electron chi connectivity index (χ3n) is 4.19. The third-order valence-corrected chi connectivity index (χ3v) is 4.19. The maximum atomic E-state index is 12.5. The molecule has 0 atom stereocenters. The predicted molar refractivity (Wildman–Crippen MR) is 97.6 cm³/mol. The fourth-order valence-electron chi connectivity index (χ4n) is 2.95. The standard InChI is InChI=1S/C21H23NO2/c1-22(2)12-7-13-24-20-11-6-4-9-17(20)15-18-14-16-8-3-5-10-19(16)21(18)23/h3-6,8-11,15H,7,12-14H2,1-2H3. The molecule has 3 nitrogen and oxygen atoms in total. The Morgan fingerprint density at radius 2 is 1.83 bits per heavy atom. The van der Waals surface area contributed by atoms with E-state index in [9.17, 15) is 4.79 Å². The number of hydrogen-bond donors (Lipinski definition) is 0. The molecule has 0 fully saturated rings. The molecule has 3 rings (SSSR count). The third kappa shape index (κ3) is 3.74. The predicted octanol–water partition coefficient (Wildman–Crippen LogP) is 3.84. The molecule has 124 valence electrons. The summed E-state index contributed by atoms with van der Waals surface area (Å²) in [7, 11) is 4.11. The van der Waals surface area contributed by atoms with Crippen LogP contribution in [0, 0.1) is 0 Å². The van der Waals surface area contributed by atoms with Crippen molar-refractivity contribution in [3.05, 3.63) is 70.8 Å². The lowest BCUT2D eigenvalue weighted by molar-refractivity contribution is 0.104. The van der Waals surface area contributed by atoms with Crippen molar-refractivity contribution in [2.75, 3.05) is 27.2 Å². The Kier molecular flexibility index (Phi) is 5.11. The van der Waals surface area contributed by atoms with Gasteiger partial charge in [-0.1, -0.05) is 42.5 Å². The molecule has 0 spiro atoms. The van der Waals surface area contributed by atoms with Crippen molar-refractivity contribution in [2.24, 2.45) is 0 Å². The van der Waals surface area contributed by atoms with E-state index in [1.807, 2.05) is 54.6 Å². The average Bonchev–Trinajstić information content (AvgIpc) is 2.89. The molecule has 0 aliphatic heterocycles. The smallest absolute Gasteiger partial charge is 0.189 e. The van der Waals surface area contributed by atoms with Gasteiger partial charge in [0.1, 0.15) is 5.75 Å². The van der Waals surface area contributed by atoms with E-state index in [1.165, 1.54) is 0 Å². The Labute approximate surface area is 143 Å². The van der Waals surface area contributed by atoms with Gasteiger partial charge in [-0.2, -0.15) is 0 Å². The van der Waals surface area contributed by atoms with Crippen LogP contribution in [0.25, 0.3) is 6.08 Å². The summed E-state index contributed by atoms with van der Waals surface area (Å²) in [6.45, 7) is 1.67. The summed E-state index contributed by atoms with van der Waals surface area (Å²) in [5.41, 5.74) is 3.74. The van der Waals surface area contributed by atoms with Crippen molar-refractivity contribution < 1.29 is 9.53 Å². The highest BCUT2D eigenvalue weighted by molar-refractivity contribution is 6.15. The zero-order chi connectivity index (χ0) is 16.9. The maximum Gasteiger partial charge on any atom is 0.189 e. The Morgan fingerprint density at radius 3 is 2.62 bits per heavy atom. The number of nitrogens with zero attached hydrogens (tertiary/aromatic N) is 1. The minimum Gasteiger partial charge on any atom is -0.493 e. The highest BCUT2D eigenvalue weighted by atomic mass is 16.5. The number of rotatable bonds is 6. The fraction of sp³-hybridized carbons (Fsp3) is 0.286. The van der Waals surface area contributed by atoms with Gasteiger partial charge < -0.3 is 9.64 Å². The van der Waals surface area contributed by atoms with Crippen LogP contribution >= 0.6 is 0 Å². The van der Waals surface area contributed by atoms with Gasteiger partial charge in [-0.05, 0) is 38.2 Å². The number of hydrogen-bond acceptors (Lipinski definition) is 3. The van der Waals surface area contributed by atoms with Crippen LogP contribution in [0.2, 0.25) is 0 Å². The van der Waals surface area contributed by atoms with Crippen molar-refractivity contribution in [3.8, 4) is 5.75 Å². The first kappa shape index (κ1) is 16.5. The van der Waals surface area contributed by atoms with E-state index in [2.05, 4.69) is 19.0 Å². The molecule has 24 heavy (non-hydrogen) atoms. The quantitative estimate of drug-likeness (QED) is 0.598. The fourth-order valence-corrected chi connectivity index (χ4v) is 2.95. The molecule has 3 heteroatoms. The molecule has 0 N–H and O–H groups in total. The molecule has 2 aromatic carbocycles. The van der Waals surface area contributed by atoms with Crippen molar-refractivity contribution in [1.29, 1.82) is 0 Å². The summed E-state index contributed by atoms with van der Waals surface area (Å²) < 4.78 is 5.93. The van der Waals surface area contributed by atoms with E-state index in [0.717, 1.165) is 41.0 Å². The lowest BCUT2D eigenvalue weighted by atomic mass is 10.1. The normalized spacial score (nSPS) is 15.1. The van der Waals surface area contributed by atoms with E-state index in [0.29, 0.717) is 13.0 Å². The Balaban J connectivity index is 1.75. The minimum absolute atomic E-state index is 0.132. The molecule has 0 aromatic heterocycles. The lowest BCUT2D eigenvalue weighted by Crippen LogP contribution is -2.15. The molecular formula is C21H23NO2. The summed E-state index contributed by atoms with van der Waals surface area (Å²) in [6, 6.07) is 15.7. The van der Waals surface area contributed by atoms with Crippen LogP contribution in [0.5, 0.6) is 5.75 Å². The largest absolute Gasteiger partial charge is 0.493 e. The van der Waals surface area contributed by atoms with Gasteiger partial charge in [-0.25, -0.2) is 0 Å². The Bertz CT molecular complexity index is 762. The minimum atomic E-state index is 0.132. The number of allylic oxidation sites excluding steroid dienone is 1. The van der Waals surface area contributed by atoms with Crippen molar-refractivity contribution in [2.45, 2.75) is 12.8 Å². The van der Waals surface area contributed by atoms with E-state index in [1.54, 1.807) is 0 Å². The number of ketones is 1. The van der Waals surface area contributed by atoms with Crippen LogP contribution in [0.3, 0.4) is 0 Å². The van der Waals surface area contributed by atoms with E-state index in [4.69, 9.17) is 4.74 Å². The summed E-state index contributed by atoms with van der Waals surface area (Å²) in [5.74, 6) is 0.973. The van der Waals surface area contributed by atoms with Crippen LogP contribution in [0.4, 0.5) is 0 Å². The topological polar surface area (TPSA) is 29.5 Å². The molecule has 0 amide bonds. The molecule has 0 heterocycles. The lowest BCUT2D eigenvalue weighted by Gasteiger charge is -2.12. The van der Waals surface area contributed by atoms with Crippen molar-refractivity contribution in [1.82, 2.24) is 4.90 Å². The number of para-hydroxylation sites is 1. The number of fused-ring (bicyclic) bond motifs is 1. The molecule has 0 saturated carbocycles. The summed E-state index contributed by atoms with van der Waals surface area (Å²) in [4.78, 5) is 14.7. The number of carbonyl (C=O) groups is 1. The second kappa shape index (κ2) is 7.45. The molecular weight excluding hydrogens is 298 g/mol. The van der Waals surface area contributed by atoms with Gasteiger partial charge in [0, 0.05) is 29.7 Å². The zero-order valence-electron chi connectivity index (χ0n) is 14.3. The van der Waals surface area contributed by atoms with E-state index < -0.39 is 0 Å². The highest BCUT2D eigenvalue weighted by Gasteiger charge is 2.24. The monoisotopic (exact) mass is 321 g/mol. The molecule has 0 bridgehead atoms. The Morgan fingerprint density at radius 1 is 1.08 bits per heavy atom. The first-order valence-corrected chi connectivity index (χ1v) is 8.35. The number of benzene rings is 2. The van der Waals surface area contributed by atoms with Crippen LogP contribution in [-0.4, -0.2) is 37.9 Å². The second-order valence-electron chi connectivity index (χ2n) is 6.38. The number of ether oxygens (including phenoxy) is 1. The molecule has 0 radical (unpaired) electrons. The highest BCUT2D eigenvalue weighted by Crippen LogP contribution is 2.29. The molecule has 1 aliphatic rings. The van der Waals surface area contributed by atoms with Crippen LogP contribution < -0.4 is 4.74 Å². The molecule has 0 saturated heterocycles. The van der Waals surface area contributed by atoms with Crippen molar-refractivity contribution >= 4 is 11.9 Å². The second-order valence-corrected chi connectivity index (χ2v) is 6.38. The first-order chi connectivity index (χ1) is 11.6. The van der Waals surface area contributed by atoms with E-state index >= 15 is 0 Å². The van der Waals surface area contributed by atoms with E-state index in [-0.39, 0.29) is 5.78 Å².